The molecule has 1 aliphatic rings. The van der Waals surface area contributed by atoms with E-state index in [4.69, 9.17) is 14.5 Å². The highest BCUT2D eigenvalue weighted by Crippen LogP contribution is 2.34. The van der Waals surface area contributed by atoms with Gasteiger partial charge in [0.1, 0.15) is 12.4 Å². The van der Waals surface area contributed by atoms with Gasteiger partial charge in [-0.25, -0.2) is 4.99 Å². The quantitative estimate of drug-likeness (QED) is 0.192. The van der Waals surface area contributed by atoms with Gasteiger partial charge in [-0.3, -0.25) is 0 Å². The minimum absolute atomic E-state index is 0. The Labute approximate surface area is 193 Å². The van der Waals surface area contributed by atoms with E-state index in [1.54, 1.807) is 0 Å². The lowest BCUT2D eigenvalue weighted by Gasteiger charge is -2.25. The number of nitrogens with one attached hydrogen (secondary N) is 2. The number of halogens is 1. The Kier molecular flexibility index (Phi) is 12.6. The summed E-state index contributed by atoms with van der Waals surface area (Å²) in [5.74, 6) is 2.56. The van der Waals surface area contributed by atoms with Crippen molar-refractivity contribution >= 4 is 29.9 Å². The maximum absolute atomic E-state index is 5.94. The lowest BCUT2D eigenvalue weighted by molar-refractivity contribution is 0.110. The predicted molar refractivity (Wildman–Crippen MR) is 132 cm³/mol. The second-order valence-corrected chi connectivity index (χ2v) is 7.60. The summed E-state index contributed by atoms with van der Waals surface area (Å²) in [6, 6.07) is 6.84. The first-order chi connectivity index (χ1) is 13.5. The Balaban J connectivity index is 0.00000420. The van der Waals surface area contributed by atoms with E-state index in [9.17, 15) is 0 Å². The number of guanidine groups is 1. The van der Waals surface area contributed by atoms with Crippen LogP contribution in [0.2, 0.25) is 0 Å². The Morgan fingerprint density at radius 2 is 1.97 bits per heavy atom. The van der Waals surface area contributed by atoms with Crippen molar-refractivity contribution in [2.45, 2.75) is 46.2 Å². The number of hydrogen-bond donors (Lipinski definition) is 2. The number of aliphatic imine (C=N–C) groups is 1. The third-order valence-corrected chi connectivity index (χ3v) is 4.97. The summed E-state index contributed by atoms with van der Waals surface area (Å²) in [5.41, 5.74) is 2.27. The summed E-state index contributed by atoms with van der Waals surface area (Å²) in [5, 5.41) is 6.88. The molecule has 6 nitrogen and oxygen atoms in total. The van der Waals surface area contributed by atoms with E-state index < -0.39 is 0 Å². The Hall–Kier alpha value is -1.06. The summed E-state index contributed by atoms with van der Waals surface area (Å²) in [6.45, 7) is 10.4. The van der Waals surface area contributed by atoms with Gasteiger partial charge in [0.15, 0.2) is 5.96 Å². The molecular weight excluding hydrogens is 479 g/mol. The second-order valence-electron chi connectivity index (χ2n) is 7.60. The van der Waals surface area contributed by atoms with E-state index >= 15 is 0 Å². The fourth-order valence-corrected chi connectivity index (χ4v) is 3.24. The molecule has 0 aromatic heterocycles. The van der Waals surface area contributed by atoms with E-state index in [1.807, 2.05) is 6.92 Å². The van der Waals surface area contributed by atoms with Crippen LogP contribution in [0.3, 0.4) is 0 Å². The highest BCUT2D eigenvalue weighted by Gasteiger charge is 2.32. The molecule has 2 rings (SSSR count). The van der Waals surface area contributed by atoms with Crippen LogP contribution < -0.4 is 15.4 Å². The van der Waals surface area contributed by atoms with E-state index in [2.05, 4.69) is 61.7 Å². The van der Waals surface area contributed by atoms with Crippen LogP contribution in [0.15, 0.2) is 23.2 Å². The van der Waals surface area contributed by atoms with Crippen LogP contribution in [0.1, 0.15) is 37.8 Å². The highest BCUT2D eigenvalue weighted by molar-refractivity contribution is 14.0. The van der Waals surface area contributed by atoms with Crippen molar-refractivity contribution in [2.24, 2.45) is 10.9 Å². The van der Waals surface area contributed by atoms with Gasteiger partial charge in [0.05, 0.1) is 13.2 Å². The first-order valence-corrected chi connectivity index (χ1v) is 10.5. The summed E-state index contributed by atoms with van der Waals surface area (Å²) >= 11 is 0. The second kappa shape index (κ2) is 14.0. The molecule has 1 saturated carbocycles. The van der Waals surface area contributed by atoms with Gasteiger partial charge in [0.2, 0.25) is 0 Å². The van der Waals surface area contributed by atoms with Crippen LogP contribution in [0.4, 0.5) is 0 Å². The summed E-state index contributed by atoms with van der Waals surface area (Å²) in [7, 11) is 4.32. The molecule has 1 atom stereocenters. The zero-order valence-electron chi connectivity index (χ0n) is 18.7. The molecule has 0 saturated heterocycles. The van der Waals surface area contributed by atoms with Crippen molar-refractivity contribution in [3.8, 4) is 5.75 Å². The van der Waals surface area contributed by atoms with E-state index in [0.29, 0.717) is 32.4 Å². The van der Waals surface area contributed by atoms with Gasteiger partial charge in [-0.2, -0.15) is 0 Å². The van der Waals surface area contributed by atoms with Gasteiger partial charge in [0.25, 0.3) is 0 Å². The maximum Gasteiger partial charge on any atom is 0.191 e. The minimum Gasteiger partial charge on any atom is -0.491 e. The Bertz CT molecular complexity index is 619. The van der Waals surface area contributed by atoms with Gasteiger partial charge < -0.3 is 25.0 Å². The van der Waals surface area contributed by atoms with Crippen LogP contribution in [0.25, 0.3) is 0 Å². The van der Waals surface area contributed by atoms with E-state index in [1.165, 1.54) is 18.4 Å². The SMILES string of the molecule is CCNC(=NCc1ccc(C)cc1OCCOCC)NCC(C1CC1)N(C)C.I. The number of rotatable bonds is 12. The number of ether oxygens (including phenoxy) is 2. The molecule has 2 N–H and O–H groups in total. The molecule has 7 heteroatoms. The summed E-state index contributed by atoms with van der Waals surface area (Å²) in [6.07, 6.45) is 2.67. The average Bonchev–Trinajstić information content (AvgIpc) is 3.49. The first-order valence-electron chi connectivity index (χ1n) is 10.5. The highest BCUT2D eigenvalue weighted by atomic mass is 127. The molecule has 166 valence electrons. The van der Waals surface area contributed by atoms with E-state index in [0.717, 1.165) is 36.3 Å². The molecule has 1 fully saturated rings. The van der Waals surface area contributed by atoms with Crippen molar-refractivity contribution in [2.75, 3.05) is 47.0 Å². The average molecular weight is 518 g/mol. The number of benzene rings is 1. The van der Waals surface area contributed by atoms with Crippen LogP contribution >= 0.6 is 24.0 Å². The lowest BCUT2D eigenvalue weighted by atomic mass is 10.1. The maximum atomic E-state index is 5.94. The van der Waals surface area contributed by atoms with E-state index in [-0.39, 0.29) is 24.0 Å². The van der Waals surface area contributed by atoms with Crippen LogP contribution in [-0.4, -0.2) is 63.9 Å². The monoisotopic (exact) mass is 518 g/mol. The van der Waals surface area contributed by atoms with Gasteiger partial charge in [-0.15, -0.1) is 24.0 Å². The molecule has 1 aliphatic carbocycles. The molecule has 0 spiro atoms. The molecular formula is C22H39IN4O2. The van der Waals surface area contributed by atoms with Crippen LogP contribution in [-0.2, 0) is 11.3 Å². The normalized spacial score (nSPS) is 15.0. The zero-order valence-corrected chi connectivity index (χ0v) is 21.0. The first kappa shape index (κ1) is 26.0. The van der Waals surface area contributed by atoms with Crippen LogP contribution in [0.5, 0.6) is 5.75 Å². The molecule has 1 aromatic rings. The summed E-state index contributed by atoms with van der Waals surface area (Å²) < 4.78 is 11.3. The molecule has 0 heterocycles. The van der Waals surface area contributed by atoms with Gasteiger partial charge in [-0.05, 0) is 65.3 Å². The number of hydrogen-bond acceptors (Lipinski definition) is 4. The topological polar surface area (TPSA) is 58.1 Å². The van der Waals surface area contributed by atoms with Crippen molar-refractivity contribution < 1.29 is 9.47 Å². The number of likely N-dealkylation sites (N-methyl/N-ethyl adjacent to an activating group) is 1. The molecule has 0 radical (unpaired) electrons. The fourth-order valence-electron chi connectivity index (χ4n) is 3.24. The molecule has 0 aliphatic heterocycles. The molecule has 1 aromatic carbocycles. The minimum atomic E-state index is 0. The van der Waals surface area contributed by atoms with Crippen molar-refractivity contribution in [3.63, 3.8) is 0 Å². The fraction of sp³-hybridized carbons (Fsp3) is 0.682. The molecule has 1 unspecified atom stereocenters. The van der Waals surface area contributed by atoms with Gasteiger partial charge in [0, 0.05) is 31.3 Å². The zero-order chi connectivity index (χ0) is 20.4. The van der Waals surface area contributed by atoms with Crippen molar-refractivity contribution in [1.82, 2.24) is 15.5 Å². The number of nitrogens with zero attached hydrogens (tertiary/aromatic N) is 2. The predicted octanol–water partition coefficient (Wildman–Crippen LogP) is 3.42. The third-order valence-electron chi connectivity index (χ3n) is 4.97. The van der Waals surface area contributed by atoms with Crippen molar-refractivity contribution in [1.29, 1.82) is 0 Å². The largest absolute Gasteiger partial charge is 0.491 e. The van der Waals surface area contributed by atoms with Gasteiger partial charge >= 0.3 is 0 Å². The molecule has 29 heavy (non-hydrogen) atoms. The van der Waals surface area contributed by atoms with Crippen LogP contribution in [0, 0.1) is 12.8 Å². The van der Waals surface area contributed by atoms with Gasteiger partial charge in [-0.1, -0.05) is 12.1 Å². The lowest BCUT2D eigenvalue weighted by Crippen LogP contribution is -2.46. The number of aryl methyl sites for hydroxylation is 1. The molecule has 0 bridgehead atoms. The van der Waals surface area contributed by atoms with Crippen molar-refractivity contribution in [3.05, 3.63) is 29.3 Å². The Morgan fingerprint density at radius 3 is 2.59 bits per heavy atom. The standard InChI is InChI=1S/C22H38N4O2.HI/c1-6-23-22(25-16-20(26(4)5)18-10-11-18)24-15-19-9-8-17(3)14-21(19)28-13-12-27-7-2;/h8-9,14,18,20H,6-7,10-13,15-16H2,1-5H3,(H2,23,24,25);1H. The smallest absolute Gasteiger partial charge is 0.191 e. The Morgan fingerprint density at radius 1 is 1.21 bits per heavy atom. The summed E-state index contributed by atoms with van der Waals surface area (Å²) in [4.78, 5) is 7.11. The molecule has 0 amide bonds. The third kappa shape index (κ3) is 9.53.